The molecule has 0 aromatic heterocycles. The van der Waals surface area contributed by atoms with Crippen LogP contribution in [-0.4, -0.2) is 6.04 Å². The average Bonchev–Trinajstić information content (AvgIpc) is 1.99. The first-order chi connectivity index (χ1) is 4.70. The molecule has 1 heteroatoms. The lowest BCUT2D eigenvalue weighted by atomic mass is 10.3. The monoisotopic (exact) mass is 137 g/mol. The zero-order valence-corrected chi connectivity index (χ0v) is 6.72. The predicted molar refractivity (Wildman–Crippen MR) is 46.7 cm³/mol. The van der Waals surface area contributed by atoms with Crippen LogP contribution in [0.1, 0.15) is 13.8 Å². The van der Waals surface area contributed by atoms with Gasteiger partial charge >= 0.3 is 0 Å². The highest BCUT2D eigenvalue weighted by Gasteiger charge is 1.87. The van der Waals surface area contributed by atoms with E-state index in [-0.39, 0.29) is 0 Å². The molecule has 0 saturated heterocycles. The third-order valence-corrected chi connectivity index (χ3v) is 1.25. The average molecular weight is 137 g/mol. The maximum atomic E-state index is 3.65. The first-order valence-corrected chi connectivity index (χ1v) is 3.38. The molecule has 0 aliphatic carbocycles. The second-order valence-corrected chi connectivity index (χ2v) is 2.28. The smallest absolute Gasteiger partial charge is 0.0408 e. The van der Waals surface area contributed by atoms with Gasteiger partial charge in [0.05, 0.1) is 0 Å². The van der Waals surface area contributed by atoms with Crippen molar-refractivity contribution in [3.8, 4) is 0 Å². The minimum Gasteiger partial charge on any atom is -0.385 e. The van der Waals surface area contributed by atoms with Gasteiger partial charge in [0.1, 0.15) is 0 Å². The van der Waals surface area contributed by atoms with Gasteiger partial charge in [0.15, 0.2) is 0 Å². The van der Waals surface area contributed by atoms with Gasteiger partial charge in [-0.15, -0.1) is 6.58 Å². The van der Waals surface area contributed by atoms with Gasteiger partial charge in [-0.2, -0.15) is 0 Å². The Bertz CT molecular complexity index is 145. The van der Waals surface area contributed by atoms with E-state index in [1.165, 1.54) is 0 Å². The van der Waals surface area contributed by atoms with Crippen LogP contribution in [0, 0.1) is 0 Å². The lowest BCUT2D eigenvalue weighted by Gasteiger charge is -2.04. The fourth-order valence-corrected chi connectivity index (χ4v) is 0.390. The lowest BCUT2D eigenvalue weighted by Crippen LogP contribution is -2.17. The van der Waals surface area contributed by atoms with E-state index in [4.69, 9.17) is 0 Å². The normalized spacial score (nSPS) is 14.0. The molecular formula is C9H15N. The Morgan fingerprint density at radius 1 is 1.50 bits per heavy atom. The summed E-state index contributed by atoms with van der Waals surface area (Å²) in [5.41, 5.74) is 1.13. The van der Waals surface area contributed by atoms with Crippen molar-refractivity contribution < 1.29 is 0 Å². The summed E-state index contributed by atoms with van der Waals surface area (Å²) in [6.45, 7) is 11.3. The first kappa shape index (κ1) is 9.02. The van der Waals surface area contributed by atoms with Gasteiger partial charge in [0.2, 0.25) is 0 Å². The van der Waals surface area contributed by atoms with Crippen LogP contribution >= 0.6 is 0 Å². The topological polar surface area (TPSA) is 12.0 Å². The summed E-state index contributed by atoms with van der Waals surface area (Å²) in [6.07, 6.45) is 5.59. The molecule has 10 heavy (non-hydrogen) atoms. The molecule has 1 unspecified atom stereocenters. The van der Waals surface area contributed by atoms with Gasteiger partial charge in [-0.3, -0.25) is 0 Å². The van der Waals surface area contributed by atoms with E-state index in [1.54, 1.807) is 0 Å². The molecule has 0 spiro atoms. The number of rotatable bonds is 4. The summed E-state index contributed by atoms with van der Waals surface area (Å²) in [5.74, 6) is 0. The molecule has 0 aromatic carbocycles. The van der Waals surface area contributed by atoms with Gasteiger partial charge in [-0.25, -0.2) is 0 Å². The maximum absolute atomic E-state index is 3.65. The molecular weight excluding hydrogens is 122 g/mol. The van der Waals surface area contributed by atoms with Crippen LogP contribution in [0.3, 0.4) is 0 Å². The molecule has 1 nitrogen and oxygen atoms in total. The summed E-state index contributed by atoms with van der Waals surface area (Å²) < 4.78 is 0. The highest BCUT2D eigenvalue weighted by molar-refractivity contribution is 5.12. The fourth-order valence-electron chi connectivity index (χ4n) is 0.390. The van der Waals surface area contributed by atoms with E-state index < -0.39 is 0 Å². The van der Waals surface area contributed by atoms with Crippen molar-refractivity contribution in [2.24, 2.45) is 0 Å². The van der Waals surface area contributed by atoms with Gasteiger partial charge in [0.25, 0.3) is 0 Å². The molecule has 0 aliphatic rings. The highest BCUT2D eigenvalue weighted by Crippen LogP contribution is 1.90. The number of hydrogen-bond donors (Lipinski definition) is 1. The number of nitrogens with one attached hydrogen (secondary N) is 1. The van der Waals surface area contributed by atoms with Crippen LogP contribution in [0.4, 0.5) is 0 Å². The summed E-state index contributed by atoms with van der Waals surface area (Å²) in [4.78, 5) is 0. The van der Waals surface area contributed by atoms with E-state index in [1.807, 2.05) is 32.2 Å². The van der Waals surface area contributed by atoms with Gasteiger partial charge in [0, 0.05) is 6.04 Å². The number of hydrogen-bond acceptors (Lipinski definition) is 1. The van der Waals surface area contributed by atoms with Crippen LogP contribution in [0.25, 0.3) is 0 Å². The molecule has 1 atom stereocenters. The van der Waals surface area contributed by atoms with Crippen molar-refractivity contribution in [3.05, 3.63) is 37.1 Å². The molecule has 1 N–H and O–H groups in total. The van der Waals surface area contributed by atoms with Crippen molar-refractivity contribution in [1.29, 1.82) is 0 Å². The molecule has 0 heterocycles. The van der Waals surface area contributed by atoms with Gasteiger partial charge < -0.3 is 5.32 Å². The molecule has 0 bridgehead atoms. The second kappa shape index (κ2) is 4.86. The SMILES string of the molecule is C=C/C(C)=C\NC(C)C=C. The Hall–Kier alpha value is -0.980. The molecule has 0 amide bonds. The standard InChI is InChI=1S/C9H15N/c1-5-8(3)7-10-9(4)6-2/h5-7,9-10H,1-2H2,3-4H3/b8-7-. The molecule has 0 aromatic rings. The number of allylic oxidation sites excluding steroid dienone is 2. The second-order valence-electron chi connectivity index (χ2n) is 2.28. The van der Waals surface area contributed by atoms with E-state index >= 15 is 0 Å². The van der Waals surface area contributed by atoms with Crippen LogP contribution in [0.15, 0.2) is 37.1 Å². The van der Waals surface area contributed by atoms with E-state index in [9.17, 15) is 0 Å². The molecule has 0 fully saturated rings. The highest BCUT2D eigenvalue weighted by atomic mass is 14.9. The zero-order chi connectivity index (χ0) is 7.98. The maximum Gasteiger partial charge on any atom is 0.0408 e. The van der Waals surface area contributed by atoms with Gasteiger partial charge in [-0.05, 0) is 25.6 Å². The summed E-state index contributed by atoms with van der Waals surface area (Å²) >= 11 is 0. The van der Waals surface area contributed by atoms with Crippen molar-refractivity contribution >= 4 is 0 Å². The van der Waals surface area contributed by atoms with Crippen molar-refractivity contribution in [2.75, 3.05) is 0 Å². The van der Waals surface area contributed by atoms with Gasteiger partial charge in [-0.1, -0.05) is 18.7 Å². The van der Waals surface area contributed by atoms with E-state index in [2.05, 4.69) is 18.5 Å². The predicted octanol–water partition coefficient (Wildman–Crippen LogP) is 2.24. The first-order valence-electron chi connectivity index (χ1n) is 3.38. The van der Waals surface area contributed by atoms with Crippen molar-refractivity contribution in [3.63, 3.8) is 0 Å². The van der Waals surface area contributed by atoms with E-state index in [0.29, 0.717) is 6.04 Å². The van der Waals surface area contributed by atoms with Crippen LogP contribution < -0.4 is 5.32 Å². The molecule has 0 saturated carbocycles. The Morgan fingerprint density at radius 2 is 2.10 bits per heavy atom. The lowest BCUT2D eigenvalue weighted by molar-refractivity contribution is 0.767. The third-order valence-electron chi connectivity index (χ3n) is 1.25. The molecule has 0 radical (unpaired) electrons. The Kier molecular flexibility index (Phi) is 4.38. The minimum absolute atomic E-state index is 0.329. The largest absolute Gasteiger partial charge is 0.385 e. The van der Waals surface area contributed by atoms with Crippen LogP contribution in [0.2, 0.25) is 0 Å². The van der Waals surface area contributed by atoms with Crippen LogP contribution in [0.5, 0.6) is 0 Å². The fraction of sp³-hybridized carbons (Fsp3) is 0.333. The quantitative estimate of drug-likeness (QED) is 0.463. The molecule has 56 valence electrons. The third kappa shape index (κ3) is 3.96. The summed E-state index contributed by atoms with van der Waals surface area (Å²) in [5, 5.41) is 3.13. The van der Waals surface area contributed by atoms with Crippen LogP contribution in [-0.2, 0) is 0 Å². The Labute approximate surface area is 63.1 Å². The van der Waals surface area contributed by atoms with Crippen molar-refractivity contribution in [1.82, 2.24) is 5.32 Å². The zero-order valence-electron chi connectivity index (χ0n) is 6.72. The minimum atomic E-state index is 0.329. The molecule has 0 rings (SSSR count). The summed E-state index contributed by atoms with van der Waals surface area (Å²) in [7, 11) is 0. The Balaban J connectivity index is 3.70. The summed E-state index contributed by atoms with van der Waals surface area (Å²) in [6, 6.07) is 0.329. The van der Waals surface area contributed by atoms with E-state index in [0.717, 1.165) is 5.57 Å². The Morgan fingerprint density at radius 3 is 2.50 bits per heavy atom. The van der Waals surface area contributed by atoms with Crippen molar-refractivity contribution in [2.45, 2.75) is 19.9 Å². The molecule has 0 aliphatic heterocycles.